The van der Waals surface area contributed by atoms with E-state index in [0.717, 1.165) is 18.7 Å². The summed E-state index contributed by atoms with van der Waals surface area (Å²) >= 11 is 0. The first kappa shape index (κ1) is 16.8. The molecule has 1 N–H and O–H groups in total. The van der Waals surface area contributed by atoms with Crippen molar-refractivity contribution in [3.63, 3.8) is 0 Å². The minimum Gasteiger partial charge on any atom is -0.385 e. The van der Waals surface area contributed by atoms with E-state index < -0.39 is 0 Å². The number of nitrogens with one attached hydrogen (secondary N) is 1. The third-order valence-corrected chi connectivity index (χ3v) is 3.84. The summed E-state index contributed by atoms with van der Waals surface area (Å²) in [5, 5.41) is 3.49. The van der Waals surface area contributed by atoms with Crippen molar-refractivity contribution in [2.24, 2.45) is 0 Å². The van der Waals surface area contributed by atoms with Crippen molar-refractivity contribution in [2.75, 3.05) is 6.54 Å². The van der Waals surface area contributed by atoms with Crippen LogP contribution >= 0.6 is 0 Å². The van der Waals surface area contributed by atoms with E-state index in [1.54, 1.807) is 0 Å². The molecule has 1 heteroatoms. The van der Waals surface area contributed by atoms with Crippen LogP contribution in [-0.2, 0) is 6.42 Å². The number of hydrogen-bond acceptors (Lipinski definition) is 1. The third-order valence-electron chi connectivity index (χ3n) is 3.84. The van der Waals surface area contributed by atoms with Crippen molar-refractivity contribution in [2.45, 2.75) is 65.7 Å². The van der Waals surface area contributed by atoms with Gasteiger partial charge in [-0.15, -0.1) is 0 Å². The van der Waals surface area contributed by atoms with Crippen LogP contribution in [0.4, 0.5) is 0 Å². The molecule has 0 spiro atoms. The highest BCUT2D eigenvalue weighted by molar-refractivity contribution is 5.65. The highest BCUT2D eigenvalue weighted by Crippen LogP contribution is 2.18. The van der Waals surface area contributed by atoms with E-state index in [-0.39, 0.29) is 0 Å². The molecule has 0 atom stereocenters. The molecule has 0 amide bonds. The van der Waals surface area contributed by atoms with Gasteiger partial charge in [0.15, 0.2) is 0 Å². The average Bonchev–Trinajstić information content (AvgIpc) is 2.45. The molecule has 0 aliphatic carbocycles. The fraction of sp³-hybridized carbons (Fsp3) is 0.579. The zero-order chi connectivity index (χ0) is 14.8. The molecule has 1 rings (SSSR count). The van der Waals surface area contributed by atoms with Gasteiger partial charge in [-0.2, -0.15) is 0 Å². The van der Waals surface area contributed by atoms with Crippen LogP contribution in [-0.4, -0.2) is 6.54 Å². The average molecular weight is 273 g/mol. The summed E-state index contributed by atoms with van der Waals surface area (Å²) < 4.78 is 0. The second-order valence-electron chi connectivity index (χ2n) is 5.69. The van der Waals surface area contributed by atoms with E-state index in [2.05, 4.69) is 50.9 Å². The van der Waals surface area contributed by atoms with E-state index in [0.29, 0.717) is 0 Å². The molecule has 1 aromatic carbocycles. The SMILES string of the molecule is C=C(NCCCCCCCC)c1ccc(C)cc1CC. The van der Waals surface area contributed by atoms with Gasteiger partial charge in [0.2, 0.25) is 0 Å². The van der Waals surface area contributed by atoms with Crippen molar-refractivity contribution in [1.29, 1.82) is 0 Å². The largest absolute Gasteiger partial charge is 0.385 e. The molecule has 0 aromatic heterocycles. The first-order chi connectivity index (χ1) is 9.69. The minimum atomic E-state index is 1.04. The van der Waals surface area contributed by atoms with E-state index in [1.165, 1.54) is 55.2 Å². The highest BCUT2D eigenvalue weighted by Gasteiger charge is 2.04. The van der Waals surface area contributed by atoms with E-state index >= 15 is 0 Å². The maximum absolute atomic E-state index is 4.20. The molecule has 0 bridgehead atoms. The van der Waals surface area contributed by atoms with Gasteiger partial charge in [0.05, 0.1) is 0 Å². The monoisotopic (exact) mass is 273 g/mol. The van der Waals surface area contributed by atoms with Crippen molar-refractivity contribution in [1.82, 2.24) is 5.32 Å². The molecular formula is C19H31N. The van der Waals surface area contributed by atoms with Crippen molar-refractivity contribution in [3.8, 4) is 0 Å². The molecule has 20 heavy (non-hydrogen) atoms. The maximum Gasteiger partial charge on any atom is 0.0343 e. The van der Waals surface area contributed by atoms with Crippen LogP contribution in [0.1, 0.15) is 69.1 Å². The Morgan fingerprint density at radius 1 is 1.05 bits per heavy atom. The van der Waals surface area contributed by atoms with Crippen LogP contribution in [0.3, 0.4) is 0 Å². The fourth-order valence-corrected chi connectivity index (χ4v) is 2.55. The van der Waals surface area contributed by atoms with Gasteiger partial charge in [0.1, 0.15) is 0 Å². The number of unbranched alkanes of at least 4 members (excludes halogenated alkanes) is 5. The Morgan fingerprint density at radius 2 is 1.75 bits per heavy atom. The molecule has 0 fully saturated rings. The summed E-state index contributed by atoms with van der Waals surface area (Å²) in [6.07, 6.45) is 9.09. The number of rotatable bonds is 10. The molecular weight excluding hydrogens is 242 g/mol. The normalized spacial score (nSPS) is 10.6. The molecule has 0 aliphatic heterocycles. The van der Waals surface area contributed by atoms with Gasteiger partial charge >= 0.3 is 0 Å². The summed E-state index contributed by atoms with van der Waals surface area (Å²) in [5.74, 6) is 0. The Hall–Kier alpha value is -1.24. The Labute approximate surface area is 125 Å². The van der Waals surface area contributed by atoms with Gasteiger partial charge in [-0.3, -0.25) is 0 Å². The topological polar surface area (TPSA) is 12.0 Å². The maximum atomic E-state index is 4.20. The third kappa shape index (κ3) is 5.81. The molecule has 0 saturated heterocycles. The van der Waals surface area contributed by atoms with Crippen molar-refractivity contribution < 1.29 is 0 Å². The van der Waals surface area contributed by atoms with Crippen LogP contribution < -0.4 is 5.32 Å². The van der Waals surface area contributed by atoms with E-state index in [1.807, 2.05) is 0 Å². The second kappa shape index (κ2) is 9.63. The lowest BCUT2D eigenvalue weighted by Gasteiger charge is -2.14. The molecule has 112 valence electrons. The van der Waals surface area contributed by atoms with Crippen LogP contribution in [0.25, 0.3) is 5.70 Å². The summed E-state index contributed by atoms with van der Waals surface area (Å²) in [7, 11) is 0. The Morgan fingerprint density at radius 3 is 2.45 bits per heavy atom. The predicted octanol–water partition coefficient (Wildman–Crippen LogP) is 5.48. The smallest absolute Gasteiger partial charge is 0.0343 e. The lowest BCUT2D eigenvalue weighted by molar-refractivity contribution is 0.600. The zero-order valence-corrected chi connectivity index (χ0v) is 13.6. The van der Waals surface area contributed by atoms with Gasteiger partial charge in [-0.25, -0.2) is 0 Å². The molecule has 0 aliphatic rings. The lowest BCUT2D eigenvalue weighted by Crippen LogP contribution is -2.14. The molecule has 0 heterocycles. The van der Waals surface area contributed by atoms with Crippen LogP contribution in [0.15, 0.2) is 24.8 Å². The number of hydrogen-bond donors (Lipinski definition) is 1. The van der Waals surface area contributed by atoms with Crippen LogP contribution in [0.5, 0.6) is 0 Å². The summed E-state index contributed by atoms with van der Waals surface area (Å²) in [5.41, 5.74) is 5.08. The van der Waals surface area contributed by atoms with Gasteiger partial charge in [0, 0.05) is 17.8 Å². The van der Waals surface area contributed by atoms with Crippen molar-refractivity contribution in [3.05, 3.63) is 41.5 Å². The zero-order valence-electron chi connectivity index (χ0n) is 13.6. The van der Waals surface area contributed by atoms with Crippen LogP contribution in [0.2, 0.25) is 0 Å². The molecule has 0 saturated carbocycles. The summed E-state index contributed by atoms with van der Waals surface area (Å²) in [6.45, 7) is 11.9. The molecule has 1 nitrogen and oxygen atoms in total. The second-order valence-corrected chi connectivity index (χ2v) is 5.69. The molecule has 0 unspecified atom stereocenters. The van der Waals surface area contributed by atoms with Gasteiger partial charge in [-0.1, -0.05) is 76.3 Å². The quantitative estimate of drug-likeness (QED) is 0.557. The van der Waals surface area contributed by atoms with Crippen molar-refractivity contribution >= 4 is 5.70 Å². The first-order valence-electron chi connectivity index (χ1n) is 8.21. The lowest BCUT2D eigenvalue weighted by atomic mass is 10.0. The minimum absolute atomic E-state index is 1.04. The number of benzene rings is 1. The van der Waals surface area contributed by atoms with Gasteiger partial charge in [-0.05, 0) is 25.3 Å². The first-order valence-corrected chi connectivity index (χ1v) is 8.21. The molecule has 0 radical (unpaired) electrons. The molecule has 1 aromatic rings. The summed E-state index contributed by atoms with van der Waals surface area (Å²) in [4.78, 5) is 0. The fourth-order valence-electron chi connectivity index (χ4n) is 2.55. The highest BCUT2D eigenvalue weighted by atomic mass is 14.9. The Bertz CT molecular complexity index is 406. The number of aryl methyl sites for hydroxylation is 2. The van der Waals surface area contributed by atoms with Gasteiger partial charge in [0.25, 0.3) is 0 Å². The van der Waals surface area contributed by atoms with Crippen LogP contribution in [0, 0.1) is 6.92 Å². The Balaban J connectivity index is 2.32. The summed E-state index contributed by atoms with van der Waals surface area (Å²) in [6, 6.07) is 6.64. The Kier molecular flexibility index (Phi) is 8.10. The van der Waals surface area contributed by atoms with E-state index in [9.17, 15) is 0 Å². The predicted molar refractivity (Wildman–Crippen MR) is 91.0 cm³/mol. The standard InChI is InChI=1S/C19H31N/c1-5-7-8-9-10-11-14-20-17(4)19-13-12-16(3)15-18(19)6-2/h12-13,15,20H,4-11,14H2,1-3H3. The van der Waals surface area contributed by atoms with Gasteiger partial charge < -0.3 is 5.32 Å². The van der Waals surface area contributed by atoms with E-state index in [4.69, 9.17) is 0 Å².